The predicted octanol–water partition coefficient (Wildman–Crippen LogP) is 3.64. The average molecular weight is 464 g/mol. The van der Waals surface area contributed by atoms with Gasteiger partial charge < -0.3 is 16.0 Å². The van der Waals surface area contributed by atoms with Gasteiger partial charge >= 0.3 is 0 Å². The predicted molar refractivity (Wildman–Crippen MR) is 113 cm³/mol. The Bertz CT molecular complexity index is 1350. The van der Waals surface area contributed by atoms with Gasteiger partial charge in [-0.15, -0.1) is 0 Å². The topological polar surface area (TPSA) is 109 Å². The monoisotopic (exact) mass is 464 g/mol. The van der Waals surface area contributed by atoms with Crippen molar-refractivity contribution in [3.8, 4) is 0 Å². The lowest BCUT2D eigenvalue weighted by Crippen LogP contribution is -2.39. The Hall–Kier alpha value is -3.15. The first-order valence-corrected chi connectivity index (χ1v) is 10.4. The minimum Gasteiger partial charge on any atom is -0.378 e. The Morgan fingerprint density at radius 3 is 2.84 bits per heavy atom. The molecule has 7 nitrogen and oxygen atoms in total. The standard InChI is InChI=1S/C20H16F4N6OS/c1-19(12-6-20(12,17(23)24)32-18(25)30-19)9-4-8(5-10(21)14(9)22)28-16-15-11(2-3-26-16)29-13(31)7-27-15/h2-5,7,12,17H,6H2,1H3,(H2,25,30)(H,26,28)(H,29,31)/t12-,19-,20-/m0/s1. The van der Waals surface area contributed by atoms with Crippen LogP contribution in [0, 0.1) is 17.6 Å². The summed E-state index contributed by atoms with van der Waals surface area (Å²) in [5.41, 5.74) is 4.57. The number of amidine groups is 1. The highest BCUT2D eigenvalue weighted by Gasteiger charge is 2.71. The highest BCUT2D eigenvalue weighted by atomic mass is 32.2. The number of hydrogen-bond acceptors (Lipinski definition) is 7. The van der Waals surface area contributed by atoms with Crippen molar-refractivity contribution >= 4 is 39.5 Å². The van der Waals surface area contributed by atoms with E-state index in [1.165, 1.54) is 19.2 Å². The van der Waals surface area contributed by atoms with Crippen molar-refractivity contribution in [3.63, 3.8) is 0 Å². The summed E-state index contributed by atoms with van der Waals surface area (Å²) in [4.78, 5) is 26.6. The highest BCUT2D eigenvalue weighted by Crippen LogP contribution is 2.68. The van der Waals surface area contributed by atoms with Crippen LogP contribution in [-0.4, -0.2) is 31.3 Å². The van der Waals surface area contributed by atoms with Crippen molar-refractivity contribution < 1.29 is 17.6 Å². The number of hydrogen-bond donors (Lipinski definition) is 3. The van der Waals surface area contributed by atoms with Gasteiger partial charge in [-0.1, -0.05) is 11.8 Å². The van der Waals surface area contributed by atoms with Crippen LogP contribution in [0.15, 0.2) is 40.4 Å². The summed E-state index contributed by atoms with van der Waals surface area (Å²) in [5.74, 6) is -2.87. The van der Waals surface area contributed by atoms with E-state index in [1.54, 1.807) is 6.07 Å². The number of aromatic nitrogens is 3. The molecule has 5 rings (SSSR count). The summed E-state index contributed by atoms with van der Waals surface area (Å²) in [7, 11) is 0. The number of H-pyrrole nitrogens is 1. The second-order valence-corrected chi connectivity index (χ2v) is 9.34. The second kappa shape index (κ2) is 6.92. The van der Waals surface area contributed by atoms with Crippen LogP contribution in [0.25, 0.3) is 11.0 Å². The van der Waals surface area contributed by atoms with E-state index in [0.717, 1.165) is 24.0 Å². The Kier molecular flexibility index (Phi) is 4.49. The molecule has 0 saturated heterocycles. The van der Waals surface area contributed by atoms with Crippen molar-refractivity contribution in [3.05, 3.63) is 58.1 Å². The molecule has 0 unspecified atom stereocenters. The lowest BCUT2D eigenvalue weighted by molar-refractivity contribution is 0.123. The molecule has 1 saturated carbocycles. The zero-order valence-electron chi connectivity index (χ0n) is 16.5. The van der Waals surface area contributed by atoms with Crippen LogP contribution in [0.1, 0.15) is 18.9 Å². The average Bonchev–Trinajstić information content (AvgIpc) is 3.47. The molecule has 1 fully saturated rings. The fourth-order valence-electron chi connectivity index (χ4n) is 4.34. The molecule has 2 aliphatic rings. The van der Waals surface area contributed by atoms with E-state index in [-0.39, 0.29) is 28.7 Å². The number of anilines is 2. The third kappa shape index (κ3) is 3.04. The number of pyridine rings is 1. The lowest BCUT2D eigenvalue weighted by atomic mass is 9.85. The molecule has 3 heterocycles. The first-order valence-electron chi connectivity index (χ1n) is 9.57. The van der Waals surface area contributed by atoms with Gasteiger partial charge in [0.05, 0.1) is 22.0 Å². The quantitative estimate of drug-likeness (QED) is 0.509. The fourth-order valence-corrected chi connectivity index (χ4v) is 5.67. The molecule has 0 amide bonds. The zero-order chi connectivity index (χ0) is 22.8. The highest BCUT2D eigenvalue weighted by molar-refractivity contribution is 8.15. The summed E-state index contributed by atoms with van der Waals surface area (Å²) >= 11 is 0.786. The van der Waals surface area contributed by atoms with E-state index in [0.29, 0.717) is 11.0 Å². The Morgan fingerprint density at radius 1 is 1.31 bits per heavy atom. The molecule has 0 radical (unpaired) electrons. The van der Waals surface area contributed by atoms with Gasteiger partial charge in [0.25, 0.3) is 12.0 Å². The third-order valence-corrected chi connectivity index (χ3v) is 7.28. The van der Waals surface area contributed by atoms with E-state index >= 15 is 0 Å². The van der Waals surface area contributed by atoms with Crippen LogP contribution >= 0.6 is 11.8 Å². The molecule has 3 atom stereocenters. The number of benzene rings is 1. The summed E-state index contributed by atoms with van der Waals surface area (Å²) in [6, 6.07) is 3.78. The number of aliphatic imine (C=N–C) groups is 1. The molecule has 166 valence electrons. The van der Waals surface area contributed by atoms with Crippen molar-refractivity contribution in [1.82, 2.24) is 15.0 Å². The van der Waals surface area contributed by atoms with Gasteiger partial charge in [0.2, 0.25) is 0 Å². The molecule has 32 heavy (non-hydrogen) atoms. The number of fused-ring (bicyclic) bond motifs is 2. The van der Waals surface area contributed by atoms with E-state index in [2.05, 4.69) is 25.3 Å². The fraction of sp³-hybridized carbons (Fsp3) is 0.300. The number of aromatic amines is 1. The van der Waals surface area contributed by atoms with Gasteiger partial charge in [-0.05, 0) is 25.5 Å². The van der Waals surface area contributed by atoms with Gasteiger partial charge in [-0.3, -0.25) is 9.79 Å². The maximum atomic E-state index is 14.9. The normalized spacial score (nSPS) is 26.7. The van der Waals surface area contributed by atoms with Crippen molar-refractivity contribution in [2.75, 3.05) is 5.32 Å². The lowest BCUT2D eigenvalue weighted by Gasteiger charge is -2.34. The SMILES string of the molecule is C[C@@]1(c2cc(Nc3nccc4[nH]c(=O)cnc34)cc(F)c2F)N=C(N)S[C@@]2(C(F)F)C[C@@H]12. The van der Waals surface area contributed by atoms with Crippen LogP contribution in [0.2, 0.25) is 0 Å². The maximum Gasteiger partial charge on any atom is 0.266 e. The number of thioether (sulfide) groups is 1. The van der Waals surface area contributed by atoms with Crippen LogP contribution in [0.5, 0.6) is 0 Å². The number of nitrogens with two attached hydrogens (primary N) is 1. The molecule has 2 aromatic heterocycles. The molecular weight excluding hydrogens is 448 g/mol. The molecule has 12 heteroatoms. The summed E-state index contributed by atoms with van der Waals surface area (Å²) < 4.78 is 55.6. The van der Waals surface area contributed by atoms with Crippen LogP contribution in [0.3, 0.4) is 0 Å². The van der Waals surface area contributed by atoms with Gasteiger partial charge in [0, 0.05) is 29.4 Å². The molecular formula is C20H16F4N6OS. The van der Waals surface area contributed by atoms with Crippen molar-refractivity contribution in [2.45, 2.75) is 30.1 Å². The smallest absolute Gasteiger partial charge is 0.266 e. The van der Waals surface area contributed by atoms with Crippen LogP contribution < -0.4 is 16.6 Å². The maximum absolute atomic E-state index is 14.9. The zero-order valence-corrected chi connectivity index (χ0v) is 17.3. The minimum absolute atomic E-state index is 0.0803. The van der Waals surface area contributed by atoms with E-state index in [1.807, 2.05) is 0 Å². The van der Waals surface area contributed by atoms with Crippen molar-refractivity contribution in [1.29, 1.82) is 0 Å². The largest absolute Gasteiger partial charge is 0.378 e. The summed E-state index contributed by atoms with van der Waals surface area (Å²) in [5, 5.41) is 2.77. The molecule has 0 spiro atoms. The molecule has 3 aromatic rings. The number of nitrogens with zero attached hydrogens (tertiary/aromatic N) is 3. The van der Waals surface area contributed by atoms with Crippen molar-refractivity contribution in [2.24, 2.45) is 16.6 Å². The number of nitrogens with one attached hydrogen (secondary N) is 2. The number of rotatable bonds is 4. The van der Waals surface area contributed by atoms with Gasteiger partial charge in [-0.2, -0.15) is 0 Å². The molecule has 1 aromatic carbocycles. The Labute approximate surface area is 182 Å². The Balaban J connectivity index is 1.60. The number of halogens is 4. The third-order valence-electron chi connectivity index (χ3n) is 5.97. The second-order valence-electron chi connectivity index (χ2n) is 7.96. The van der Waals surface area contributed by atoms with E-state index in [9.17, 15) is 22.4 Å². The molecule has 1 aliphatic carbocycles. The van der Waals surface area contributed by atoms with Crippen LogP contribution in [0.4, 0.5) is 29.1 Å². The first kappa shape index (κ1) is 20.7. The summed E-state index contributed by atoms with van der Waals surface area (Å²) in [6.45, 7) is 1.48. The molecule has 4 N–H and O–H groups in total. The van der Waals surface area contributed by atoms with Gasteiger partial charge in [0.1, 0.15) is 5.52 Å². The summed E-state index contributed by atoms with van der Waals surface area (Å²) in [6.07, 6.45) is -0.124. The Morgan fingerprint density at radius 2 is 2.09 bits per heavy atom. The van der Waals surface area contributed by atoms with Gasteiger partial charge in [-0.25, -0.2) is 27.5 Å². The van der Waals surface area contributed by atoms with Crippen LogP contribution in [-0.2, 0) is 5.54 Å². The molecule has 0 bridgehead atoms. The minimum atomic E-state index is -2.69. The molecule has 1 aliphatic heterocycles. The van der Waals surface area contributed by atoms with Gasteiger partial charge in [0.15, 0.2) is 22.6 Å². The number of alkyl halides is 2. The van der Waals surface area contributed by atoms with E-state index in [4.69, 9.17) is 5.73 Å². The van der Waals surface area contributed by atoms with E-state index < -0.39 is 39.8 Å². The first-order chi connectivity index (χ1) is 15.1.